The summed E-state index contributed by atoms with van der Waals surface area (Å²) < 4.78 is 5.63. The number of benzene rings is 1. The Kier molecular flexibility index (Phi) is 6.54. The average Bonchev–Trinajstić information content (AvgIpc) is 3.10. The van der Waals surface area contributed by atoms with Crippen molar-refractivity contribution in [3.63, 3.8) is 0 Å². The summed E-state index contributed by atoms with van der Waals surface area (Å²) in [6.07, 6.45) is 3.00. The van der Waals surface area contributed by atoms with E-state index in [1.54, 1.807) is 11.6 Å². The Labute approximate surface area is 151 Å². The predicted molar refractivity (Wildman–Crippen MR) is 98.3 cm³/mol. The highest BCUT2D eigenvalue weighted by molar-refractivity contribution is 7.13. The summed E-state index contributed by atoms with van der Waals surface area (Å²) in [5, 5.41) is 17.3. The maximum atomic E-state index is 12.4. The number of nitriles is 1. The van der Waals surface area contributed by atoms with Crippen LogP contribution >= 0.6 is 11.3 Å². The standard InChI is InChI=1S/C18H20N4O2S/c1-4-24-16-6-5-12(2)9-15(16)13(3)22-17(23)14(10-19)11-21-18-20-7-8-25-18/h5-9,11,13H,4H2,1-3H3,(H,20,21)(H,22,23)/b14-11-. The van der Waals surface area contributed by atoms with E-state index >= 15 is 0 Å². The van der Waals surface area contributed by atoms with Gasteiger partial charge in [0.25, 0.3) is 5.91 Å². The molecule has 0 aliphatic rings. The molecule has 1 atom stereocenters. The Morgan fingerprint density at radius 3 is 2.96 bits per heavy atom. The van der Waals surface area contributed by atoms with Gasteiger partial charge in [-0.1, -0.05) is 17.7 Å². The van der Waals surface area contributed by atoms with Crippen LogP contribution in [0.1, 0.15) is 31.0 Å². The van der Waals surface area contributed by atoms with Crippen molar-refractivity contribution >= 4 is 22.4 Å². The van der Waals surface area contributed by atoms with Gasteiger partial charge in [0.05, 0.1) is 12.6 Å². The van der Waals surface area contributed by atoms with Gasteiger partial charge in [-0.3, -0.25) is 4.79 Å². The van der Waals surface area contributed by atoms with Crippen LogP contribution in [0.5, 0.6) is 5.75 Å². The first kappa shape index (κ1) is 18.5. The largest absolute Gasteiger partial charge is 0.494 e. The number of carbonyl (C=O) groups excluding carboxylic acids is 1. The number of nitrogens with zero attached hydrogens (tertiary/aromatic N) is 2. The van der Waals surface area contributed by atoms with Gasteiger partial charge in [-0.15, -0.1) is 11.3 Å². The lowest BCUT2D eigenvalue weighted by atomic mass is 10.0. The van der Waals surface area contributed by atoms with Crippen molar-refractivity contribution in [2.75, 3.05) is 11.9 Å². The molecule has 1 aromatic heterocycles. The Bertz CT molecular complexity index is 794. The maximum Gasteiger partial charge on any atom is 0.263 e. The van der Waals surface area contributed by atoms with E-state index in [0.717, 1.165) is 16.9 Å². The van der Waals surface area contributed by atoms with Crippen molar-refractivity contribution < 1.29 is 9.53 Å². The third kappa shape index (κ3) is 5.06. The van der Waals surface area contributed by atoms with Crippen molar-refractivity contribution in [2.45, 2.75) is 26.8 Å². The van der Waals surface area contributed by atoms with Gasteiger partial charge in [-0.25, -0.2) is 4.98 Å². The topological polar surface area (TPSA) is 87.0 Å². The molecule has 0 fully saturated rings. The van der Waals surface area contributed by atoms with E-state index in [1.165, 1.54) is 17.5 Å². The lowest BCUT2D eigenvalue weighted by Crippen LogP contribution is -2.28. The quantitative estimate of drug-likeness (QED) is 0.585. The van der Waals surface area contributed by atoms with E-state index in [1.807, 2.05) is 45.0 Å². The van der Waals surface area contributed by atoms with Gasteiger partial charge in [0, 0.05) is 23.3 Å². The zero-order valence-corrected chi connectivity index (χ0v) is 15.2. The Balaban J connectivity index is 2.12. The first-order valence-corrected chi connectivity index (χ1v) is 8.73. The van der Waals surface area contributed by atoms with Crippen molar-refractivity contribution in [3.05, 3.63) is 52.7 Å². The van der Waals surface area contributed by atoms with Crippen LogP contribution in [0.3, 0.4) is 0 Å². The number of hydrogen-bond donors (Lipinski definition) is 2. The molecule has 7 heteroatoms. The van der Waals surface area contributed by atoms with Gasteiger partial charge < -0.3 is 15.4 Å². The minimum Gasteiger partial charge on any atom is -0.494 e. The summed E-state index contributed by atoms with van der Waals surface area (Å²) in [5.74, 6) is 0.271. The molecule has 0 spiro atoms. The molecule has 0 bridgehead atoms. The first-order chi connectivity index (χ1) is 12.0. The van der Waals surface area contributed by atoms with Crippen LogP contribution in [-0.4, -0.2) is 17.5 Å². The van der Waals surface area contributed by atoms with E-state index in [0.29, 0.717) is 11.7 Å². The van der Waals surface area contributed by atoms with E-state index in [4.69, 9.17) is 4.74 Å². The van der Waals surface area contributed by atoms with Crippen molar-refractivity contribution in [1.29, 1.82) is 5.26 Å². The highest BCUT2D eigenvalue weighted by atomic mass is 32.1. The van der Waals surface area contributed by atoms with Gasteiger partial charge >= 0.3 is 0 Å². The maximum absolute atomic E-state index is 12.4. The fourth-order valence-electron chi connectivity index (χ4n) is 2.22. The third-order valence-corrected chi connectivity index (χ3v) is 4.12. The van der Waals surface area contributed by atoms with E-state index in [9.17, 15) is 10.1 Å². The third-order valence-electron chi connectivity index (χ3n) is 3.42. The molecule has 25 heavy (non-hydrogen) atoms. The summed E-state index contributed by atoms with van der Waals surface area (Å²) in [4.78, 5) is 16.4. The molecule has 1 heterocycles. The SMILES string of the molecule is CCOc1ccc(C)cc1C(C)NC(=O)/C(C#N)=C\Nc1nccs1. The summed E-state index contributed by atoms with van der Waals surface area (Å²) in [6.45, 7) is 6.29. The van der Waals surface area contributed by atoms with Crippen molar-refractivity contribution in [1.82, 2.24) is 10.3 Å². The highest BCUT2D eigenvalue weighted by Crippen LogP contribution is 2.26. The van der Waals surface area contributed by atoms with Gasteiger partial charge in [0.15, 0.2) is 5.13 Å². The Morgan fingerprint density at radius 1 is 1.52 bits per heavy atom. The molecule has 0 radical (unpaired) electrons. The molecule has 6 nitrogen and oxygen atoms in total. The molecule has 130 valence electrons. The number of amides is 1. The zero-order valence-electron chi connectivity index (χ0n) is 14.4. The van der Waals surface area contributed by atoms with Crippen LogP contribution in [-0.2, 0) is 4.79 Å². The number of rotatable bonds is 7. The van der Waals surface area contributed by atoms with Gasteiger partial charge in [-0.2, -0.15) is 5.26 Å². The first-order valence-electron chi connectivity index (χ1n) is 7.85. The number of ether oxygens (including phenoxy) is 1. The summed E-state index contributed by atoms with van der Waals surface area (Å²) in [6, 6.07) is 7.43. The number of carbonyl (C=O) groups is 1. The molecule has 0 aliphatic carbocycles. The summed E-state index contributed by atoms with van der Waals surface area (Å²) in [5.41, 5.74) is 1.93. The van der Waals surface area contributed by atoms with Crippen LogP contribution in [0.4, 0.5) is 5.13 Å². The van der Waals surface area contributed by atoms with Crippen LogP contribution in [0, 0.1) is 18.3 Å². The molecule has 1 amide bonds. The van der Waals surface area contributed by atoms with E-state index in [2.05, 4.69) is 15.6 Å². The fourth-order valence-corrected chi connectivity index (χ4v) is 2.72. The van der Waals surface area contributed by atoms with Gasteiger partial charge in [0.1, 0.15) is 17.4 Å². The minimum atomic E-state index is -0.456. The van der Waals surface area contributed by atoms with E-state index in [-0.39, 0.29) is 11.6 Å². The molecule has 2 aromatic rings. The smallest absolute Gasteiger partial charge is 0.263 e. The number of nitrogens with one attached hydrogen (secondary N) is 2. The molecule has 1 aromatic carbocycles. The average molecular weight is 356 g/mol. The molecule has 2 N–H and O–H groups in total. The summed E-state index contributed by atoms with van der Waals surface area (Å²) >= 11 is 1.38. The number of aromatic nitrogens is 1. The zero-order chi connectivity index (χ0) is 18.2. The Morgan fingerprint density at radius 2 is 2.32 bits per heavy atom. The molecular weight excluding hydrogens is 336 g/mol. The van der Waals surface area contributed by atoms with Crippen LogP contribution in [0.25, 0.3) is 0 Å². The normalized spacial score (nSPS) is 12.2. The van der Waals surface area contributed by atoms with Crippen LogP contribution < -0.4 is 15.4 Å². The lowest BCUT2D eigenvalue weighted by molar-refractivity contribution is -0.117. The van der Waals surface area contributed by atoms with Gasteiger partial charge in [-0.05, 0) is 26.8 Å². The number of hydrogen-bond acceptors (Lipinski definition) is 6. The molecular formula is C18H20N4O2S. The lowest BCUT2D eigenvalue weighted by Gasteiger charge is -2.18. The van der Waals surface area contributed by atoms with E-state index < -0.39 is 5.91 Å². The Hall–Kier alpha value is -2.85. The van der Waals surface area contributed by atoms with Crippen LogP contribution in [0.2, 0.25) is 0 Å². The number of thiazole rings is 1. The minimum absolute atomic E-state index is 0.0207. The predicted octanol–water partition coefficient (Wildman–Crippen LogP) is 3.55. The van der Waals surface area contributed by atoms with Crippen LogP contribution in [0.15, 0.2) is 41.5 Å². The molecule has 0 saturated carbocycles. The fraction of sp³-hybridized carbons (Fsp3) is 0.278. The highest BCUT2D eigenvalue weighted by Gasteiger charge is 2.17. The molecule has 1 unspecified atom stereocenters. The van der Waals surface area contributed by atoms with Gasteiger partial charge in [0.2, 0.25) is 0 Å². The van der Waals surface area contributed by atoms with Crippen molar-refractivity contribution in [3.8, 4) is 11.8 Å². The second kappa shape index (κ2) is 8.85. The van der Waals surface area contributed by atoms with Crippen molar-refractivity contribution in [2.24, 2.45) is 0 Å². The summed E-state index contributed by atoms with van der Waals surface area (Å²) in [7, 11) is 0. The molecule has 0 aliphatic heterocycles. The second-order valence-electron chi connectivity index (χ2n) is 5.32. The number of anilines is 1. The number of aryl methyl sites for hydroxylation is 1. The molecule has 2 rings (SSSR count). The monoisotopic (exact) mass is 356 g/mol. The second-order valence-corrected chi connectivity index (χ2v) is 6.22. The molecule has 0 saturated heterocycles.